The van der Waals surface area contributed by atoms with E-state index in [1.165, 1.54) is 11.1 Å². The van der Waals surface area contributed by atoms with Gasteiger partial charge in [-0.2, -0.15) is 0 Å². The number of hydrogen-bond acceptors (Lipinski definition) is 2. The highest BCUT2D eigenvalue weighted by Gasteiger charge is 2.45. The summed E-state index contributed by atoms with van der Waals surface area (Å²) < 4.78 is 5.36. The quantitative estimate of drug-likeness (QED) is 0.858. The Kier molecular flexibility index (Phi) is 2.58. The lowest BCUT2D eigenvalue weighted by Gasteiger charge is -2.37. The smallest absolute Gasteiger partial charge is 0.236 e. The van der Waals surface area contributed by atoms with Crippen LogP contribution in [0.2, 0.25) is 0 Å². The summed E-state index contributed by atoms with van der Waals surface area (Å²) in [6.07, 6.45) is 9.98. The van der Waals surface area contributed by atoms with Crippen molar-refractivity contribution >= 4 is 5.91 Å². The van der Waals surface area contributed by atoms with Gasteiger partial charge >= 0.3 is 0 Å². The van der Waals surface area contributed by atoms with Gasteiger partial charge in [0.25, 0.3) is 0 Å². The van der Waals surface area contributed by atoms with E-state index >= 15 is 0 Å². The summed E-state index contributed by atoms with van der Waals surface area (Å²) >= 11 is 0. The lowest BCUT2D eigenvalue weighted by molar-refractivity contribution is -0.126. The molecular formula is C18H17NO2. The molecule has 2 unspecified atom stereocenters. The highest BCUT2D eigenvalue weighted by Crippen LogP contribution is 2.43. The van der Waals surface area contributed by atoms with Gasteiger partial charge < -0.3 is 10.1 Å². The molecule has 2 aliphatic carbocycles. The molecule has 1 aromatic carbocycles. The molecule has 0 fully saturated rings. The third-order valence-electron chi connectivity index (χ3n) is 4.71. The maximum atomic E-state index is 12.7. The third kappa shape index (κ3) is 1.70. The van der Waals surface area contributed by atoms with Crippen LogP contribution >= 0.6 is 0 Å². The standard InChI is InChI=1S/C18H17NO2/c1-21-15-8-4-6-13-11-18(19-17(20)16(13)15)10-9-12-5-2-3-7-14(12)18/h2-8,11,16H,9-10H2,1H3,(H,19,20). The number of amides is 1. The molecule has 3 aliphatic rings. The summed E-state index contributed by atoms with van der Waals surface area (Å²) in [5, 5.41) is 3.24. The van der Waals surface area contributed by atoms with E-state index in [0.29, 0.717) is 5.76 Å². The molecule has 3 heteroatoms. The van der Waals surface area contributed by atoms with Gasteiger partial charge in [-0.3, -0.25) is 4.79 Å². The molecule has 1 aliphatic heterocycles. The minimum Gasteiger partial charge on any atom is -0.500 e. The summed E-state index contributed by atoms with van der Waals surface area (Å²) in [5.74, 6) is 0.433. The van der Waals surface area contributed by atoms with Crippen molar-refractivity contribution < 1.29 is 9.53 Å². The number of ether oxygens (including phenoxy) is 1. The molecule has 2 atom stereocenters. The first-order valence-corrected chi connectivity index (χ1v) is 7.29. The van der Waals surface area contributed by atoms with Crippen molar-refractivity contribution in [1.29, 1.82) is 0 Å². The van der Waals surface area contributed by atoms with Crippen molar-refractivity contribution in [2.75, 3.05) is 7.11 Å². The number of benzene rings is 1. The molecule has 0 radical (unpaired) electrons. The number of aryl methyl sites for hydroxylation is 1. The van der Waals surface area contributed by atoms with Crippen LogP contribution in [0.1, 0.15) is 17.5 Å². The Bertz CT molecular complexity index is 714. The molecule has 106 valence electrons. The van der Waals surface area contributed by atoms with E-state index in [4.69, 9.17) is 4.74 Å². The monoisotopic (exact) mass is 279 g/mol. The highest BCUT2D eigenvalue weighted by molar-refractivity contribution is 5.88. The maximum Gasteiger partial charge on any atom is 0.236 e. The number of carbonyl (C=O) groups is 1. The number of hydrogen-bond donors (Lipinski definition) is 1. The fourth-order valence-corrected chi connectivity index (χ4v) is 3.74. The van der Waals surface area contributed by atoms with Gasteiger partial charge in [-0.25, -0.2) is 0 Å². The molecule has 0 aromatic heterocycles. The zero-order valence-corrected chi connectivity index (χ0v) is 11.9. The fraction of sp³-hybridized carbons (Fsp3) is 0.278. The first kappa shape index (κ1) is 12.5. The van der Waals surface area contributed by atoms with Gasteiger partial charge in [0, 0.05) is 0 Å². The molecule has 0 saturated carbocycles. The van der Waals surface area contributed by atoms with Crippen LogP contribution in [0.25, 0.3) is 0 Å². The van der Waals surface area contributed by atoms with E-state index in [1.54, 1.807) is 7.11 Å². The summed E-state index contributed by atoms with van der Waals surface area (Å²) in [6.45, 7) is 0. The van der Waals surface area contributed by atoms with Crippen molar-refractivity contribution in [1.82, 2.24) is 5.32 Å². The summed E-state index contributed by atoms with van der Waals surface area (Å²) in [4.78, 5) is 12.7. The Morgan fingerprint density at radius 2 is 2.19 bits per heavy atom. The van der Waals surface area contributed by atoms with Crippen LogP contribution in [0.5, 0.6) is 0 Å². The molecule has 1 spiro atoms. The first-order chi connectivity index (χ1) is 10.2. The fourth-order valence-electron chi connectivity index (χ4n) is 3.74. The maximum absolute atomic E-state index is 12.7. The summed E-state index contributed by atoms with van der Waals surface area (Å²) in [7, 11) is 1.62. The van der Waals surface area contributed by atoms with Crippen LogP contribution < -0.4 is 5.32 Å². The molecular weight excluding hydrogens is 262 g/mol. The van der Waals surface area contributed by atoms with Gasteiger partial charge in [-0.15, -0.1) is 0 Å². The molecule has 1 aromatic rings. The van der Waals surface area contributed by atoms with Gasteiger partial charge in [0.05, 0.1) is 12.6 Å². The molecule has 1 heterocycles. The zero-order valence-electron chi connectivity index (χ0n) is 11.9. The normalized spacial score (nSPS) is 29.4. The Labute approximate surface area is 124 Å². The second-order valence-corrected chi connectivity index (χ2v) is 5.83. The van der Waals surface area contributed by atoms with Gasteiger partial charge in [0.1, 0.15) is 11.7 Å². The first-order valence-electron chi connectivity index (χ1n) is 7.29. The Balaban J connectivity index is 1.84. The van der Waals surface area contributed by atoms with Crippen LogP contribution in [0, 0.1) is 5.92 Å². The van der Waals surface area contributed by atoms with Gasteiger partial charge in [0.2, 0.25) is 5.91 Å². The molecule has 0 saturated heterocycles. The van der Waals surface area contributed by atoms with Crippen molar-refractivity contribution in [3.63, 3.8) is 0 Å². The van der Waals surface area contributed by atoms with E-state index in [0.717, 1.165) is 18.4 Å². The molecule has 0 bridgehead atoms. The number of methoxy groups -OCH3 is 1. The van der Waals surface area contributed by atoms with E-state index < -0.39 is 0 Å². The second-order valence-electron chi connectivity index (χ2n) is 5.83. The van der Waals surface area contributed by atoms with Crippen molar-refractivity contribution in [2.24, 2.45) is 5.92 Å². The minimum absolute atomic E-state index is 0.0293. The molecule has 4 rings (SSSR count). The number of nitrogens with one attached hydrogen (secondary N) is 1. The number of allylic oxidation sites excluding steroid dienone is 3. The van der Waals surface area contributed by atoms with Crippen molar-refractivity contribution in [2.45, 2.75) is 18.4 Å². The van der Waals surface area contributed by atoms with E-state index in [1.807, 2.05) is 24.3 Å². The van der Waals surface area contributed by atoms with Gasteiger partial charge in [-0.05, 0) is 35.6 Å². The van der Waals surface area contributed by atoms with Crippen molar-refractivity contribution in [3.8, 4) is 0 Å². The molecule has 1 amide bonds. The third-order valence-corrected chi connectivity index (χ3v) is 4.71. The van der Waals surface area contributed by atoms with E-state index in [9.17, 15) is 4.79 Å². The second kappa shape index (κ2) is 4.35. The molecule has 1 N–H and O–H groups in total. The summed E-state index contributed by atoms with van der Waals surface area (Å²) in [6, 6.07) is 8.38. The number of fused-ring (bicyclic) bond motifs is 3. The number of carbonyl (C=O) groups excluding carboxylic acids is 1. The Hall–Kier alpha value is -2.29. The lowest BCUT2D eigenvalue weighted by Crippen LogP contribution is -2.50. The minimum atomic E-state index is -0.347. The molecule has 21 heavy (non-hydrogen) atoms. The lowest BCUT2D eigenvalue weighted by atomic mass is 9.79. The predicted octanol–water partition coefficient (Wildman–Crippen LogP) is 2.60. The van der Waals surface area contributed by atoms with Crippen LogP contribution in [0.3, 0.4) is 0 Å². The predicted molar refractivity (Wildman–Crippen MR) is 80.4 cm³/mol. The summed E-state index contributed by atoms with van der Waals surface area (Å²) in [5.41, 5.74) is 3.25. The highest BCUT2D eigenvalue weighted by atomic mass is 16.5. The van der Waals surface area contributed by atoms with Gasteiger partial charge in [0.15, 0.2) is 0 Å². The molecule has 3 nitrogen and oxygen atoms in total. The topological polar surface area (TPSA) is 38.3 Å². The van der Waals surface area contributed by atoms with Crippen LogP contribution in [-0.4, -0.2) is 13.0 Å². The largest absolute Gasteiger partial charge is 0.500 e. The Morgan fingerprint density at radius 1 is 1.33 bits per heavy atom. The van der Waals surface area contributed by atoms with E-state index in [-0.39, 0.29) is 17.4 Å². The van der Waals surface area contributed by atoms with Crippen molar-refractivity contribution in [3.05, 3.63) is 71.0 Å². The average Bonchev–Trinajstić information content (AvgIpc) is 2.85. The number of rotatable bonds is 1. The van der Waals surface area contributed by atoms with Gasteiger partial charge in [-0.1, -0.05) is 42.5 Å². The van der Waals surface area contributed by atoms with Crippen LogP contribution in [0.4, 0.5) is 0 Å². The van der Waals surface area contributed by atoms with Crippen LogP contribution in [0.15, 0.2) is 59.9 Å². The average molecular weight is 279 g/mol. The van der Waals surface area contributed by atoms with E-state index in [2.05, 4.69) is 29.6 Å². The zero-order chi connectivity index (χ0) is 14.4. The Morgan fingerprint density at radius 3 is 3.05 bits per heavy atom. The van der Waals surface area contributed by atoms with Crippen LogP contribution in [-0.2, 0) is 21.5 Å². The SMILES string of the molecule is COC1=CC=CC2=CC3(CCc4ccccc43)NC(=O)C21.